The molecule has 15 heavy (non-hydrogen) atoms. The van der Waals surface area contributed by atoms with E-state index >= 15 is 0 Å². The van der Waals surface area contributed by atoms with Crippen LogP contribution in [-0.2, 0) is 9.53 Å². The predicted octanol–water partition coefficient (Wildman–Crippen LogP) is 1.37. The summed E-state index contributed by atoms with van der Waals surface area (Å²) >= 11 is 0. The fourth-order valence-electron chi connectivity index (χ4n) is 1.59. The number of aromatic amines is 1. The SMILES string of the molecule is C/C(=N\c1cc(C)[nH]n1)C1CCOC1=O. The van der Waals surface area contributed by atoms with Crippen LogP contribution in [0.3, 0.4) is 0 Å². The number of carbonyl (C=O) groups is 1. The summed E-state index contributed by atoms with van der Waals surface area (Å²) in [7, 11) is 0. The van der Waals surface area contributed by atoms with Gasteiger partial charge in [0.15, 0.2) is 5.82 Å². The summed E-state index contributed by atoms with van der Waals surface area (Å²) in [6.45, 7) is 4.24. The fourth-order valence-corrected chi connectivity index (χ4v) is 1.59. The molecule has 0 radical (unpaired) electrons. The predicted molar refractivity (Wildman–Crippen MR) is 55.2 cm³/mol. The zero-order valence-corrected chi connectivity index (χ0v) is 8.78. The summed E-state index contributed by atoms with van der Waals surface area (Å²) in [5, 5.41) is 6.79. The number of nitrogens with zero attached hydrogens (tertiary/aromatic N) is 2. The van der Waals surface area contributed by atoms with Gasteiger partial charge in [-0.2, -0.15) is 5.10 Å². The van der Waals surface area contributed by atoms with E-state index in [0.717, 1.165) is 17.8 Å². The van der Waals surface area contributed by atoms with Gasteiger partial charge in [-0.3, -0.25) is 9.89 Å². The normalized spacial score (nSPS) is 21.9. The molecule has 0 bridgehead atoms. The number of hydrogen-bond donors (Lipinski definition) is 1. The van der Waals surface area contributed by atoms with Crippen molar-refractivity contribution in [2.24, 2.45) is 10.9 Å². The van der Waals surface area contributed by atoms with Crippen molar-refractivity contribution in [1.82, 2.24) is 10.2 Å². The van der Waals surface area contributed by atoms with Crippen molar-refractivity contribution in [1.29, 1.82) is 0 Å². The van der Waals surface area contributed by atoms with Gasteiger partial charge in [-0.25, -0.2) is 4.99 Å². The summed E-state index contributed by atoms with van der Waals surface area (Å²) in [5.41, 5.74) is 1.72. The number of ether oxygens (including phenoxy) is 1. The lowest BCUT2D eigenvalue weighted by atomic mass is 10.0. The molecule has 1 aliphatic rings. The van der Waals surface area contributed by atoms with Gasteiger partial charge in [-0.05, 0) is 13.8 Å². The van der Waals surface area contributed by atoms with Gasteiger partial charge >= 0.3 is 5.97 Å². The lowest BCUT2D eigenvalue weighted by Gasteiger charge is -2.02. The molecule has 0 amide bonds. The molecule has 2 heterocycles. The topological polar surface area (TPSA) is 67.3 Å². The summed E-state index contributed by atoms with van der Waals surface area (Å²) in [5.74, 6) is 0.246. The van der Waals surface area contributed by atoms with Gasteiger partial charge < -0.3 is 4.74 Å². The summed E-state index contributed by atoms with van der Waals surface area (Å²) in [4.78, 5) is 15.6. The quantitative estimate of drug-likeness (QED) is 0.588. The first kappa shape index (κ1) is 9.89. The molecule has 5 nitrogen and oxygen atoms in total. The van der Waals surface area contributed by atoms with Crippen LogP contribution in [0, 0.1) is 12.8 Å². The molecule has 1 aromatic rings. The van der Waals surface area contributed by atoms with Gasteiger partial charge in [-0.1, -0.05) is 0 Å². The van der Waals surface area contributed by atoms with Crippen LogP contribution in [-0.4, -0.2) is 28.5 Å². The minimum Gasteiger partial charge on any atom is -0.465 e. The molecule has 1 saturated heterocycles. The Kier molecular flexibility index (Phi) is 2.53. The van der Waals surface area contributed by atoms with Crippen LogP contribution in [0.1, 0.15) is 19.0 Å². The van der Waals surface area contributed by atoms with E-state index in [9.17, 15) is 4.79 Å². The standard InChI is InChI=1S/C10H13N3O2/c1-6-5-9(13-12-6)11-7(2)8-3-4-15-10(8)14/h5,8H,3-4H2,1-2H3,(H,12,13)/b11-7+. The van der Waals surface area contributed by atoms with E-state index in [-0.39, 0.29) is 11.9 Å². The highest BCUT2D eigenvalue weighted by molar-refractivity contribution is 6.02. The number of carbonyl (C=O) groups excluding carboxylic acids is 1. The van der Waals surface area contributed by atoms with Crippen LogP contribution >= 0.6 is 0 Å². The first-order valence-corrected chi connectivity index (χ1v) is 4.90. The molecule has 0 spiro atoms. The minimum absolute atomic E-state index is 0.177. The molecule has 1 fully saturated rings. The Balaban J connectivity index is 2.16. The number of esters is 1. The maximum absolute atomic E-state index is 11.3. The van der Waals surface area contributed by atoms with Crippen LogP contribution in [0.4, 0.5) is 5.82 Å². The molecule has 1 unspecified atom stereocenters. The van der Waals surface area contributed by atoms with Crippen molar-refractivity contribution < 1.29 is 9.53 Å². The average molecular weight is 207 g/mol. The van der Waals surface area contributed by atoms with Gasteiger partial charge in [0, 0.05) is 23.9 Å². The van der Waals surface area contributed by atoms with Crippen LogP contribution in [0.2, 0.25) is 0 Å². The first-order chi connectivity index (χ1) is 7.16. The number of aromatic nitrogens is 2. The molecule has 0 aliphatic carbocycles. The molecule has 0 saturated carbocycles. The highest BCUT2D eigenvalue weighted by Gasteiger charge is 2.29. The van der Waals surface area contributed by atoms with E-state index in [1.807, 2.05) is 19.9 Å². The number of cyclic esters (lactones) is 1. The maximum Gasteiger partial charge on any atom is 0.314 e. The second kappa shape index (κ2) is 3.84. The van der Waals surface area contributed by atoms with Crippen LogP contribution in [0.5, 0.6) is 0 Å². The molecule has 2 rings (SSSR count). The van der Waals surface area contributed by atoms with Crippen molar-refractivity contribution in [3.63, 3.8) is 0 Å². The maximum atomic E-state index is 11.3. The minimum atomic E-state index is -0.193. The van der Waals surface area contributed by atoms with Gasteiger partial charge in [0.2, 0.25) is 0 Å². The molecule has 1 N–H and O–H groups in total. The monoisotopic (exact) mass is 207 g/mol. The molecule has 1 aliphatic heterocycles. The lowest BCUT2D eigenvalue weighted by molar-refractivity contribution is -0.139. The van der Waals surface area contributed by atoms with Crippen molar-refractivity contribution in [3.8, 4) is 0 Å². The second-order valence-electron chi connectivity index (χ2n) is 3.67. The third-order valence-corrected chi connectivity index (χ3v) is 2.42. The zero-order chi connectivity index (χ0) is 10.8. The Morgan fingerprint density at radius 2 is 2.53 bits per heavy atom. The van der Waals surface area contributed by atoms with Crippen LogP contribution in [0.15, 0.2) is 11.1 Å². The Labute approximate surface area is 87.5 Å². The lowest BCUT2D eigenvalue weighted by Crippen LogP contribution is -2.16. The third-order valence-electron chi connectivity index (χ3n) is 2.42. The summed E-state index contributed by atoms with van der Waals surface area (Å²) in [6.07, 6.45) is 0.720. The molecule has 0 aromatic carbocycles. The Morgan fingerprint density at radius 1 is 1.73 bits per heavy atom. The van der Waals surface area contributed by atoms with Gasteiger partial charge in [-0.15, -0.1) is 0 Å². The Bertz CT molecular complexity index is 409. The number of H-pyrrole nitrogens is 1. The zero-order valence-electron chi connectivity index (χ0n) is 8.78. The molecular weight excluding hydrogens is 194 g/mol. The second-order valence-corrected chi connectivity index (χ2v) is 3.67. The molecular formula is C10H13N3O2. The van der Waals surface area contributed by atoms with E-state index < -0.39 is 0 Å². The van der Waals surface area contributed by atoms with E-state index in [0.29, 0.717) is 12.4 Å². The van der Waals surface area contributed by atoms with Crippen molar-refractivity contribution >= 4 is 17.5 Å². The summed E-state index contributed by atoms with van der Waals surface area (Å²) < 4.78 is 4.88. The van der Waals surface area contributed by atoms with Crippen LogP contribution in [0.25, 0.3) is 0 Å². The van der Waals surface area contributed by atoms with Crippen LogP contribution < -0.4 is 0 Å². The van der Waals surface area contributed by atoms with Gasteiger partial charge in [0.25, 0.3) is 0 Å². The number of aryl methyl sites for hydroxylation is 1. The molecule has 80 valence electrons. The van der Waals surface area contributed by atoms with E-state index in [1.165, 1.54) is 0 Å². The molecule has 5 heteroatoms. The third kappa shape index (κ3) is 2.06. The van der Waals surface area contributed by atoms with Crippen molar-refractivity contribution in [3.05, 3.63) is 11.8 Å². The number of hydrogen-bond acceptors (Lipinski definition) is 4. The average Bonchev–Trinajstić information content (AvgIpc) is 2.75. The first-order valence-electron chi connectivity index (χ1n) is 4.90. The van der Waals surface area contributed by atoms with E-state index in [2.05, 4.69) is 15.2 Å². The smallest absolute Gasteiger partial charge is 0.314 e. The Morgan fingerprint density at radius 3 is 3.07 bits per heavy atom. The van der Waals surface area contributed by atoms with Crippen molar-refractivity contribution in [2.75, 3.05) is 6.61 Å². The number of aliphatic imine (C=N–C) groups is 1. The fraction of sp³-hybridized carbons (Fsp3) is 0.500. The summed E-state index contributed by atoms with van der Waals surface area (Å²) in [6, 6.07) is 1.84. The largest absolute Gasteiger partial charge is 0.465 e. The number of nitrogens with one attached hydrogen (secondary N) is 1. The highest BCUT2D eigenvalue weighted by atomic mass is 16.5. The van der Waals surface area contributed by atoms with Crippen molar-refractivity contribution in [2.45, 2.75) is 20.3 Å². The molecule has 1 atom stereocenters. The Hall–Kier alpha value is -1.65. The number of rotatable bonds is 2. The molecule has 1 aromatic heterocycles. The highest BCUT2D eigenvalue weighted by Crippen LogP contribution is 2.19. The van der Waals surface area contributed by atoms with E-state index in [1.54, 1.807) is 0 Å². The van der Waals surface area contributed by atoms with E-state index in [4.69, 9.17) is 4.74 Å². The van der Waals surface area contributed by atoms with Gasteiger partial charge in [0.1, 0.15) is 0 Å². The van der Waals surface area contributed by atoms with Gasteiger partial charge in [0.05, 0.1) is 12.5 Å².